The Morgan fingerprint density at radius 2 is 2.08 bits per heavy atom. The molecule has 1 aromatic heterocycles. The third-order valence-corrected chi connectivity index (χ3v) is 5.41. The fourth-order valence-corrected chi connectivity index (χ4v) is 4.04. The predicted molar refractivity (Wildman–Crippen MR) is 92.3 cm³/mol. The van der Waals surface area contributed by atoms with Crippen LogP contribution in [0, 0.1) is 12.7 Å². The summed E-state index contributed by atoms with van der Waals surface area (Å²) in [7, 11) is 0. The second-order valence-electron chi connectivity index (χ2n) is 5.95. The van der Waals surface area contributed by atoms with Gasteiger partial charge in [-0.25, -0.2) is 4.39 Å². The second-order valence-corrected chi connectivity index (χ2v) is 7.01. The van der Waals surface area contributed by atoms with Gasteiger partial charge in [0.2, 0.25) is 0 Å². The van der Waals surface area contributed by atoms with E-state index in [0.717, 1.165) is 16.0 Å². The maximum Gasteiger partial charge on any atom is 0.305 e. The van der Waals surface area contributed by atoms with Crippen LogP contribution in [0.5, 0.6) is 0 Å². The molecule has 1 aromatic carbocycles. The lowest BCUT2D eigenvalue weighted by Crippen LogP contribution is -2.49. The van der Waals surface area contributed by atoms with E-state index in [0.29, 0.717) is 18.0 Å². The van der Waals surface area contributed by atoms with Crippen LogP contribution in [-0.2, 0) is 9.53 Å². The van der Waals surface area contributed by atoms with Crippen molar-refractivity contribution in [2.75, 3.05) is 19.8 Å². The third kappa shape index (κ3) is 3.88. The number of benzene rings is 1. The summed E-state index contributed by atoms with van der Waals surface area (Å²) >= 11 is 1.34. The van der Waals surface area contributed by atoms with Gasteiger partial charge in [-0.15, -0.1) is 11.3 Å². The minimum atomic E-state index is -0.956. The summed E-state index contributed by atoms with van der Waals surface area (Å²) in [5.74, 6) is -1.45. The fraction of sp³-hybridized carbons (Fsp3) is 0.333. The van der Waals surface area contributed by atoms with E-state index >= 15 is 0 Å². The Kier molecular flexibility index (Phi) is 5.15. The maximum atomic E-state index is 13.1. The lowest BCUT2D eigenvalue weighted by atomic mass is 10.1. The summed E-state index contributed by atoms with van der Waals surface area (Å²) in [6.07, 6.45) is -0.138. The van der Waals surface area contributed by atoms with Crippen molar-refractivity contribution in [3.63, 3.8) is 0 Å². The molecule has 132 valence electrons. The Morgan fingerprint density at radius 3 is 2.76 bits per heavy atom. The van der Waals surface area contributed by atoms with Crippen molar-refractivity contribution >= 4 is 23.2 Å². The van der Waals surface area contributed by atoms with Crippen LogP contribution in [0.3, 0.4) is 0 Å². The van der Waals surface area contributed by atoms with Gasteiger partial charge >= 0.3 is 5.97 Å². The molecule has 1 aliphatic rings. The number of carboxylic acids is 1. The van der Waals surface area contributed by atoms with E-state index < -0.39 is 12.0 Å². The van der Waals surface area contributed by atoms with Gasteiger partial charge in [-0.2, -0.15) is 0 Å². The minimum Gasteiger partial charge on any atom is -0.481 e. The molecule has 0 spiro atoms. The molecular formula is C18H18FNO4S. The number of carbonyl (C=O) groups is 2. The smallest absolute Gasteiger partial charge is 0.305 e. The van der Waals surface area contributed by atoms with Gasteiger partial charge in [-0.3, -0.25) is 9.59 Å². The molecule has 1 atom stereocenters. The van der Waals surface area contributed by atoms with Gasteiger partial charge < -0.3 is 14.7 Å². The van der Waals surface area contributed by atoms with Crippen LogP contribution in [-0.4, -0.2) is 47.7 Å². The van der Waals surface area contributed by atoms with Crippen LogP contribution < -0.4 is 0 Å². The van der Waals surface area contributed by atoms with Gasteiger partial charge in [0.25, 0.3) is 5.91 Å². The molecule has 1 amide bonds. The number of hydrogen-bond donors (Lipinski definition) is 1. The molecule has 5 nitrogen and oxygen atoms in total. The molecule has 0 saturated carbocycles. The van der Waals surface area contributed by atoms with Crippen LogP contribution in [0.25, 0.3) is 10.4 Å². The Bertz CT molecular complexity index is 787. The Hall–Kier alpha value is -2.25. The van der Waals surface area contributed by atoms with Crippen LogP contribution in [0.1, 0.15) is 21.7 Å². The normalized spacial score (nSPS) is 17.5. The van der Waals surface area contributed by atoms with Crippen LogP contribution in [0.15, 0.2) is 30.3 Å². The first-order valence-corrected chi connectivity index (χ1v) is 8.74. The van der Waals surface area contributed by atoms with Gasteiger partial charge in [0, 0.05) is 11.4 Å². The number of halogens is 1. The van der Waals surface area contributed by atoms with Crippen molar-refractivity contribution in [2.45, 2.75) is 19.4 Å². The highest BCUT2D eigenvalue weighted by Crippen LogP contribution is 2.33. The van der Waals surface area contributed by atoms with Crippen LogP contribution >= 0.6 is 11.3 Å². The van der Waals surface area contributed by atoms with Gasteiger partial charge in [0.15, 0.2) is 0 Å². The van der Waals surface area contributed by atoms with Gasteiger partial charge in [-0.05, 0) is 36.2 Å². The first kappa shape index (κ1) is 17.6. The van der Waals surface area contributed by atoms with Crippen molar-refractivity contribution in [2.24, 2.45) is 0 Å². The van der Waals surface area contributed by atoms with Gasteiger partial charge in [0.1, 0.15) is 5.82 Å². The molecule has 2 aromatic rings. The zero-order chi connectivity index (χ0) is 18.0. The van der Waals surface area contributed by atoms with Crippen molar-refractivity contribution in [1.29, 1.82) is 0 Å². The third-order valence-electron chi connectivity index (χ3n) is 4.13. The highest BCUT2D eigenvalue weighted by atomic mass is 32.1. The number of aliphatic carboxylic acids is 1. The van der Waals surface area contributed by atoms with Crippen LogP contribution in [0.2, 0.25) is 0 Å². The Morgan fingerprint density at radius 1 is 1.36 bits per heavy atom. The molecule has 1 unspecified atom stereocenters. The van der Waals surface area contributed by atoms with Crippen molar-refractivity contribution in [3.8, 4) is 10.4 Å². The zero-order valence-corrected chi connectivity index (χ0v) is 14.5. The number of thiophene rings is 1. The number of morpholine rings is 1. The Balaban J connectivity index is 1.85. The Labute approximate surface area is 148 Å². The van der Waals surface area contributed by atoms with Crippen molar-refractivity contribution in [3.05, 3.63) is 46.6 Å². The predicted octanol–water partition coefficient (Wildman–Crippen LogP) is 3.18. The number of amides is 1. The average molecular weight is 363 g/mol. The molecule has 25 heavy (non-hydrogen) atoms. The van der Waals surface area contributed by atoms with E-state index in [1.54, 1.807) is 23.1 Å². The lowest BCUT2D eigenvalue weighted by Gasteiger charge is -2.34. The van der Waals surface area contributed by atoms with E-state index in [-0.39, 0.29) is 24.8 Å². The standard InChI is InChI=1S/C18H18FNO4S/c1-11-8-15(25-17(11)12-2-4-13(19)5-3-12)18(23)20-6-7-24-10-14(20)9-16(21)22/h2-5,8,14H,6-7,9-10H2,1H3,(H,21,22). The molecule has 7 heteroatoms. The fourth-order valence-electron chi connectivity index (χ4n) is 2.91. The highest BCUT2D eigenvalue weighted by molar-refractivity contribution is 7.17. The van der Waals surface area contributed by atoms with Crippen LogP contribution in [0.4, 0.5) is 4.39 Å². The summed E-state index contributed by atoms with van der Waals surface area (Å²) in [4.78, 5) is 26.9. The highest BCUT2D eigenvalue weighted by Gasteiger charge is 2.31. The number of aryl methyl sites for hydroxylation is 1. The largest absolute Gasteiger partial charge is 0.481 e. The maximum absolute atomic E-state index is 13.1. The lowest BCUT2D eigenvalue weighted by molar-refractivity contribution is -0.139. The number of hydrogen-bond acceptors (Lipinski definition) is 4. The molecular weight excluding hydrogens is 345 g/mol. The summed E-state index contributed by atoms with van der Waals surface area (Å²) in [5, 5.41) is 9.03. The summed E-state index contributed by atoms with van der Waals surface area (Å²) < 4.78 is 18.4. The molecule has 0 aliphatic carbocycles. The summed E-state index contributed by atoms with van der Waals surface area (Å²) in [6, 6.07) is 7.49. The SMILES string of the molecule is Cc1cc(C(=O)N2CCOCC2CC(=O)O)sc1-c1ccc(F)cc1. The molecule has 3 rings (SSSR count). The first-order valence-electron chi connectivity index (χ1n) is 7.92. The number of ether oxygens (including phenoxy) is 1. The van der Waals surface area contributed by atoms with E-state index in [9.17, 15) is 14.0 Å². The summed E-state index contributed by atoms with van der Waals surface area (Å²) in [6.45, 7) is 2.91. The van der Waals surface area contributed by atoms with Gasteiger partial charge in [-0.1, -0.05) is 12.1 Å². The number of carboxylic acid groups (broad SMARTS) is 1. The molecule has 0 bridgehead atoms. The van der Waals surface area contributed by atoms with E-state index in [1.165, 1.54) is 23.5 Å². The molecule has 2 heterocycles. The number of rotatable bonds is 4. The van der Waals surface area contributed by atoms with E-state index in [2.05, 4.69) is 0 Å². The van der Waals surface area contributed by atoms with Crippen molar-refractivity contribution in [1.82, 2.24) is 4.90 Å². The zero-order valence-electron chi connectivity index (χ0n) is 13.7. The molecule has 1 N–H and O–H groups in total. The summed E-state index contributed by atoms with van der Waals surface area (Å²) in [5.41, 5.74) is 1.79. The monoisotopic (exact) mass is 363 g/mol. The molecule has 0 radical (unpaired) electrons. The van der Waals surface area contributed by atoms with E-state index in [4.69, 9.17) is 9.84 Å². The molecule has 1 aliphatic heterocycles. The second kappa shape index (κ2) is 7.33. The van der Waals surface area contributed by atoms with Crippen molar-refractivity contribution < 1.29 is 23.8 Å². The van der Waals surface area contributed by atoms with Gasteiger partial charge in [0.05, 0.1) is 30.6 Å². The molecule has 1 fully saturated rings. The molecule has 1 saturated heterocycles. The average Bonchev–Trinajstić information content (AvgIpc) is 2.97. The number of nitrogens with zero attached hydrogens (tertiary/aromatic N) is 1. The first-order chi connectivity index (χ1) is 12.0. The minimum absolute atomic E-state index is 0.138. The van der Waals surface area contributed by atoms with E-state index in [1.807, 2.05) is 6.92 Å². The number of carbonyl (C=O) groups excluding carboxylic acids is 1. The topological polar surface area (TPSA) is 66.8 Å². The quantitative estimate of drug-likeness (QED) is 0.906.